The third kappa shape index (κ3) is 4.15. The fourth-order valence-electron chi connectivity index (χ4n) is 0. The van der Waals surface area contributed by atoms with Crippen LogP contribution in [-0.4, -0.2) is 5.94 Å². The van der Waals surface area contributed by atoms with E-state index in [1.54, 1.807) is 0 Å². The second-order valence-corrected chi connectivity index (χ2v) is 1.67. The predicted octanol–water partition coefficient (Wildman–Crippen LogP) is 0.519. The van der Waals surface area contributed by atoms with E-state index in [0.29, 0.717) is 0 Å². The molecule has 0 aromatic carbocycles. The van der Waals surface area contributed by atoms with E-state index in [0.717, 1.165) is 0 Å². The highest BCUT2D eigenvalue weighted by Gasteiger charge is 1.65. The zero-order valence-corrected chi connectivity index (χ0v) is 4.09. The van der Waals surface area contributed by atoms with Crippen molar-refractivity contribution in [2.45, 2.75) is 0 Å². The summed E-state index contributed by atoms with van der Waals surface area (Å²) < 4.78 is 0.0880. The molecule has 0 rings (SSSR count). The standard InChI is InChI=1S/C2H2OS2/c3-1-2(4)5/h4-5H. The summed E-state index contributed by atoms with van der Waals surface area (Å²) in [4.78, 5) is 9.19. The fourth-order valence-corrected chi connectivity index (χ4v) is 0. The van der Waals surface area contributed by atoms with E-state index >= 15 is 0 Å². The average Bonchev–Trinajstić information content (AvgIpc) is 1.38. The largest absolute Gasteiger partial charge is 0.232 e. The van der Waals surface area contributed by atoms with E-state index in [-0.39, 0.29) is 4.24 Å². The van der Waals surface area contributed by atoms with Gasteiger partial charge >= 0.3 is 0 Å². The number of rotatable bonds is 0. The molecule has 5 heavy (non-hydrogen) atoms. The summed E-state index contributed by atoms with van der Waals surface area (Å²) in [6.07, 6.45) is 0. The first-order chi connectivity index (χ1) is 2.27. The minimum absolute atomic E-state index is 0.0880. The molecule has 0 atom stereocenters. The zero-order chi connectivity index (χ0) is 4.28. The van der Waals surface area contributed by atoms with Gasteiger partial charge in [0.05, 0.1) is 0 Å². The highest BCUT2D eigenvalue weighted by molar-refractivity contribution is 8.05. The first-order valence-electron chi connectivity index (χ1n) is 0.901. The molecule has 3 heteroatoms. The van der Waals surface area contributed by atoms with Crippen molar-refractivity contribution in [3.8, 4) is 0 Å². The maximum atomic E-state index is 9.19. The number of hydrogen-bond acceptors (Lipinski definition) is 3. The lowest BCUT2D eigenvalue weighted by Crippen LogP contribution is -1.44. The Labute approximate surface area is 40.9 Å². The Morgan fingerprint density at radius 1 is 1.60 bits per heavy atom. The van der Waals surface area contributed by atoms with Crippen molar-refractivity contribution in [3.63, 3.8) is 0 Å². The van der Waals surface area contributed by atoms with Gasteiger partial charge in [-0.2, -0.15) is 0 Å². The summed E-state index contributed by atoms with van der Waals surface area (Å²) >= 11 is 6.91. The van der Waals surface area contributed by atoms with Crippen LogP contribution in [0.15, 0.2) is 4.24 Å². The highest BCUT2D eigenvalue weighted by atomic mass is 32.2. The molecular weight excluding hydrogens is 104 g/mol. The second kappa shape index (κ2) is 2.39. The topological polar surface area (TPSA) is 17.1 Å². The zero-order valence-electron chi connectivity index (χ0n) is 2.30. The maximum absolute atomic E-state index is 9.19. The SMILES string of the molecule is O=C=C(S)S. The molecule has 0 aliphatic heterocycles. The summed E-state index contributed by atoms with van der Waals surface area (Å²) in [6.45, 7) is 0. The minimum Gasteiger partial charge on any atom is -0.232 e. The Hall–Kier alpha value is 0.150. The monoisotopic (exact) mass is 106 g/mol. The van der Waals surface area contributed by atoms with E-state index in [1.165, 1.54) is 5.94 Å². The van der Waals surface area contributed by atoms with Crippen molar-refractivity contribution in [1.29, 1.82) is 0 Å². The molecule has 0 unspecified atom stereocenters. The van der Waals surface area contributed by atoms with E-state index < -0.39 is 0 Å². The molecule has 1 nitrogen and oxygen atoms in total. The van der Waals surface area contributed by atoms with Gasteiger partial charge in [-0.1, -0.05) is 0 Å². The molecule has 0 amide bonds. The molecule has 28 valence electrons. The van der Waals surface area contributed by atoms with Crippen LogP contribution in [0.25, 0.3) is 0 Å². The number of carbonyl (C=O) groups excluding carboxylic acids is 1. The van der Waals surface area contributed by atoms with E-state index in [9.17, 15) is 4.79 Å². The first kappa shape index (κ1) is 5.15. The minimum atomic E-state index is 0.0880. The molecule has 0 fully saturated rings. The number of hydrogen-bond donors (Lipinski definition) is 2. The van der Waals surface area contributed by atoms with Gasteiger partial charge in [0.15, 0.2) is 0 Å². The van der Waals surface area contributed by atoms with Gasteiger partial charge in [0.25, 0.3) is 0 Å². The van der Waals surface area contributed by atoms with Crippen molar-refractivity contribution >= 4 is 31.2 Å². The molecular formula is C2H2OS2. The third-order valence-corrected chi connectivity index (χ3v) is 0.274. The summed E-state index contributed by atoms with van der Waals surface area (Å²) in [5.41, 5.74) is 0. The Morgan fingerprint density at radius 2 is 1.80 bits per heavy atom. The Bertz CT molecular complexity index is 67.7. The summed E-state index contributed by atoms with van der Waals surface area (Å²) in [5.74, 6) is 1.42. The van der Waals surface area contributed by atoms with Crippen LogP contribution >= 0.6 is 25.3 Å². The van der Waals surface area contributed by atoms with Crippen LogP contribution in [0.3, 0.4) is 0 Å². The molecule has 0 aromatic rings. The van der Waals surface area contributed by atoms with Gasteiger partial charge < -0.3 is 0 Å². The van der Waals surface area contributed by atoms with Gasteiger partial charge in [-0.05, 0) is 0 Å². The van der Waals surface area contributed by atoms with Crippen LogP contribution in [0.1, 0.15) is 0 Å². The highest BCUT2D eigenvalue weighted by Crippen LogP contribution is 1.95. The van der Waals surface area contributed by atoms with E-state index in [2.05, 4.69) is 25.3 Å². The van der Waals surface area contributed by atoms with Crippen molar-refractivity contribution in [1.82, 2.24) is 0 Å². The smallest absolute Gasteiger partial charge is 0.145 e. The molecule has 0 spiro atoms. The molecule has 0 aromatic heterocycles. The molecule has 0 radical (unpaired) electrons. The predicted molar refractivity (Wildman–Crippen MR) is 27.2 cm³/mol. The van der Waals surface area contributed by atoms with Gasteiger partial charge in [-0.3, -0.25) is 0 Å². The Kier molecular flexibility index (Phi) is 2.46. The third-order valence-electron chi connectivity index (χ3n) is 0.0913. The molecule has 0 heterocycles. The molecule has 0 saturated heterocycles. The Balaban J connectivity index is 3.60. The number of thiol groups is 2. The fraction of sp³-hybridized carbons (Fsp3) is 0. The summed E-state index contributed by atoms with van der Waals surface area (Å²) in [5, 5.41) is 0. The van der Waals surface area contributed by atoms with Crippen LogP contribution in [-0.2, 0) is 4.79 Å². The molecule has 0 bridgehead atoms. The van der Waals surface area contributed by atoms with Crippen LogP contribution < -0.4 is 0 Å². The van der Waals surface area contributed by atoms with Gasteiger partial charge in [0, 0.05) is 0 Å². The molecule has 0 aliphatic rings. The summed E-state index contributed by atoms with van der Waals surface area (Å²) in [6, 6.07) is 0. The van der Waals surface area contributed by atoms with Crippen molar-refractivity contribution in [2.24, 2.45) is 0 Å². The van der Waals surface area contributed by atoms with Gasteiger partial charge in [0.1, 0.15) is 10.2 Å². The van der Waals surface area contributed by atoms with Crippen LogP contribution in [0, 0.1) is 0 Å². The van der Waals surface area contributed by atoms with E-state index in [1.807, 2.05) is 0 Å². The van der Waals surface area contributed by atoms with Gasteiger partial charge in [0.2, 0.25) is 0 Å². The lowest BCUT2D eigenvalue weighted by atomic mass is 11.2. The quantitative estimate of drug-likeness (QED) is 0.340. The first-order valence-corrected chi connectivity index (χ1v) is 1.80. The normalized spacial score (nSPS) is 6.00. The van der Waals surface area contributed by atoms with Crippen molar-refractivity contribution in [2.75, 3.05) is 0 Å². The van der Waals surface area contributed by atoms with E-state index in [4.69, 9.17) is 0 Å². The maximum Gasteiger partial charge on any atom is 0.145 e. The molecule has 0 N–H and O–H groups in total. The average molecular weight is 106 g/mol. The molecule has 0 saturated carbocycles. The van der Waals surface area contributed by atoms with Crippen molar-refractivity contribution < 1.29 is 4.79 Å². The van der Waals surface area contributed by atoms with Crippen LogP contribution in [0.2, 0.25) is 0 Å². The van der Waals surface area contributed by atoms with Gasteiger partial charge in [-0.15, -0.1) is 25.3 Å². The Morgan fingerprint density at radius 3 is 1.80 bits per heavy atom. The molecule has 0 aliphatic carbocycles. The lowest BCUT2D eigenvalue weighted by Gasteiger charge is -1.60. The lowest BCUT2D eigenvalue weighted by molar-refractivity contribution is 0.569. The summed E-state index contributed by atoms with van der Waals surface area (Å²) in [7, 11) is 0. The van der Waals surface area contributed by atoms with Gasteiger partial charge in [-0.25, -0.2) is 4.79 Å². The van der Waals surface area contributed by atoms with Crippen molar-refractivity contribution in [3.05, 3.63) is 4.24 Å². The van der Waals surface area contributed by atoms with Crippen LogP contribution in [0.5, 0.6) is 0 Å². The van der Waals surface area contributed by atoms with Crippen LogP contribution in [0.4, 0.5) is 0 Å². The second-order valence-electron chi connectivity index (χ2n) is 0.426.